The van der Waals surface area contributed by atoms with Crippen molar-refractivity contribution in [2.45, 2.75) is 76.7 Å². The average Bonchev–Trinajstić information content (AvgIpc) is 2.91. The molecule has 0 bridgehead atoms. The second-order valence-corrected chi connectivity index (χ2v) is 12.2. The first-order valence-electron chi connectivity index (χ1n) is 14.9. The highest BCUT2D eigenvalue weighted by Crippen LogP contribution is 2.39. The Morgan fingerprint density at radius 3 is 2.44 bits per heavy atom. The van der Waals surface area contributed by atoms with Gasteiger partial charge in [-0.15, -0.1) is 0 Å². The molecule has 39 heavy (non-hydrogen) atoms. The minimum Gasteiger partial charge on any atom is -0.508 e. The Bertz CT molecular complexity index is 1240. The van der Waals surface area contributed by atoms with Crippen LogP contribution in [0.15, 0.2) is 54.6 Å². The lowest BCUT2D eigenvalue weighted by Gasteiger charge is -2.46. The number of phenolic OH excluding ortho intramolecular Hbond substituents is 1. The van der Waals surface area contributed by atoms with Gasteiger partial charge >= 0.3 is 0 Å². The van der Waals surface area contributed by atoms with E-state index < -0.39 is 0 Å². The first-order chi connectivity index (χ1) is 18.8. The van der Waals surface area contributed by atoms with Crippen LogP contribution in [0.3, 0.4) is 0 Å². The molecular formula is C33H47N5O. The van der Waals surface area contributed by atoms with Gasteiger partial charge in [0.2, 0.25) is 0 Å². The van der Waals surface area contributed by atoms with Crippen LogP contribution in [0.1, 0.15) is 69.3 Å². The van der Waals surface area contributed by atoms with E-state index in [9.17, 15) is 5.11 Å². The van der Waals surface area contributed by atoms with Crippen LogP contribution in [0.5, 0.6) is 5.75 Å². The smallest absolute Gasteiger partial charge is 0.115 e. The SMILES string of the molecule is CCC[C@@H](c1ccc2cc(CN3CCC(c4cccc(O)c4)(N(C)C)CC3)ccc2n1)N1C[C@@H](C)N[C@@H](C)C1. The number of hydrogen-bond acceptors (Lipinski definition) is 6. The summed E-state index contributed by atoms with van der Waals surface area (Å²) < 4.78 is 0. The third-order valence-corrected chi connectivity index (χ3v) is 9.03. The van der Waals surface area contributed by atoms with Crippen molar-refractivity contribution in [1.29, 1.82) is 0 Å². The topological polar surface area (TPSA) is 54.9 Å². The molecule has 210 valence electrons. The standard InChI is InChI=1S/C33H47N5O/c1-6-8-32(38-21-24(2)34-25(3)22-38)31-14-12-27-19-26(11-13-30(27)35-31)23-37-17-15-33(16-18-37,36(4)5)28-9-7-10-29(39)20-28/h7,9-14,19-20,24-25,32,34,39H,6,8,15-18,21-23H2,1-5H3/t24-,25+,32-/m0/s1. The van der Waals surface area contributed by atoms with E-state index in [2.05, 4.69) is 91.3 Å². The lowest BCUT2D eigenvalue weighted by molar-refractivity contribution is 0.0506. The van der Waals surface area contributed by atoms with Gasteiger partial charge in [-0.25, -0.2) is 0 Å². The van der Waals surface area contributed by atoms with Gasteiger partial charge in [0, 0.05) is 55.7 Å². The van der Waals surface area contributed by atoms with Crippen LogP contribution in [0, 0.1) is 0 Å². The Kier molecular flexibility index (Phi) is 8.57. The molecule has 2 aliphatic heterocycles. The van der Waals surface area contributed by atoms with Gasteiger partial charge < -0.3 is 10.4 Å². The molecule has 3 aromatic rings. The number of hydrogen-bond donors (Lipinski definition) is 2. The van der Waals surface area contributed by atoms with Crippen LogP contribution in [-0.4, -0.2) is 77.1 Å². The average molecular weight is 530 g/mol. The Hall–Kier alpha value is -2.51. The minimum absolute atomic E-state index is 0.0337. The summed E-state index contributed by atoms with van der Waals surface area (Å²) in [6, 6.07) is 20.6. The molecule has 1 aromatic heterocycles. The summed E-state index contributed by atoms with van der Waals surface area (Å²) >= 11 is 0. The molecule has 0 amide bonds. The quantitative estimate of drug-likeness (QED) is 0.401. The van der Waals surface area contributed by atoms with Crippen LogP contribution >= 0.6 is 0 Å². The highest BCUT2D eigenvalue weighted by Gasteiger charge is 2.38. The minimum atomic E-state index is -0.0337. The maximum absolute atomic E-state index is 10.1. The van der Waals surface area contributed by atoms with Gasteiger partial charge in [0.25, 0.3) is 0 Å². The highest BCUT2D eigenvalue weighted by molar-refractivity contribution is 5.79. The third-order valence-electron chi connectivity index (χ3n) is 9.03. The molecule has 0 saturated carbocycles. The van der Waals surface area contributed by atoms with Crippen LogP contribution in [-0.2, 0) is 12.1 Å². The van der Waals surface area contributed by atoms with Gasteiger partial charge in [0.1, 0.15) is 5.75 Å². The molecule has 6 nitrogen and oxygen atoms in total. The first kappa shape index (κ1) is 28.0. The van der Waals surface area contributed by atoms with Crippen LogP contribution < -0.4 is 5.32 Å². The van der Waals surface area contributed by atoms with E-state index >= 15 is 0 Å². The molecule has 2 fully saturated rings. The van der Waals surface area contributed by atoms with Crippen LogP contribution in [0.25, 0.3) is 10.9 Å². The van der Waals surface area contributed by atoms with Gasteiger partial charge in [-0.3, -0.25) is 19.7 Å². The number of nitrogens with zero attached hydrogens (tertiary/aromatic N) is 4. The van der Waals surface area contributed by atoms with Gasteiger partial charge in [0.15, 0.2) is 0 Å². The molecule has 3 atom stereocenters. The number of fused-ring (bicyclic) bond motifs is 1. The number of benzene rings is 2. The van der Waals surface area contributed by atoms with Gasteiger partial charge in [-0.1, -0.05) is 37.6 Å². The van der Waals surface area contributed by atoms with Crippen molar-refractivity contribution < 1.29 is 5.11 Å². The Balaban J connectivity index is 1.28. The van der Waals surface area contributed by atoms with Gasteiger partial charge in [-0.05, 0) is 88.7 Å². The van der Waals surface area contributed by atoms with Crippen molar-refractivity contribution in [2.75, 3.05) is 40.3 Å². The monoisotopic (exact) mass is 529 g/mol. The van der Waals surface area contributed by atoms with E-state index in [1.165, 1.54) is 22.2 Å². The zero-order valence-electron chi connectivity index (χ0n) is 24.5. The number of aromatic nitrogens is 1. The molecule has 2 aromatic carbocycles. The zero-order valence-corrected chi connectivity index (χ0v) is 24.5. The number of pyridine rings is 1. The van der Waals surface area contributed by atoms with Crippen molar-refractivity contribution in [3.05, 3.63) is 71.4 Å². The highest BCUT2D eigenvalue weighted by atomic mass is 16.3. The molecule has 0 unspecified atom stereocenters. The van der Waals surface area contributed by atoms with E-state index in [1.807, 2.05) is 12.1 Å². The predicted molar refractivity (Wildman–Crippen MR) is 161 cm³/mol. The van der Waals surface area contributed by atoms with Crippen LogP contribution in [0.2, 0.25) is 0 Å². The summed E-state index contributed by atoms with van der Waals surface area (Å²) in [5, 5.41) is 15.0. The molecule has 5 rings (SSSR count). The summed E-state index contributed by atoms with van der Waals surface area (Å²) in [5.74, 6) is 0.349. The molecule has 0 radical (unpaired) electrons. The molecule has 0 aliphatic carbocycles. The summed E-state index contributed by atoms with van der Waals surface area (Å²) in [4.78, 5) is 12.7. The molecule has 0 spiro atoms. The summed E-state index contributed by atoms with van der Waals surface area (Å²) in [7, 11) is 4.33. The number of piperidine rings is 1. The number of aromatic hydroxyl groups is 1. The van der Waals surface area contributed by atoms with Gasteiger partial charge in [0.05, 0.1) is 17.3 Å². The lowest BCUT2D eigenvalue weighted by Crippen LogP contribution is -2.55. The van der Waals surface area contributed by atoms with Crippen molar-refractivity contribution in [2.24, 2.45) is 0 Å². The normalized spacial score (nSPS) is 23.3. The molecule has 6 heteroatoms. The summed E-state index contributed by atoms with van der Waals surface area (Å²) in [6.07, 6.45) is 4.39. The number of piperazine rings is 1. The zero-order chi connectivity index (χ0) is 27.6. The maximum Gasteiger partial charge on any atom is 0.115 e. The van der Waals surface area contributed by atoms with Crippen LogP contribution in [0.4, 0.5) is 0 Å². The Morgan fingerprint density at radius 2 is 1.77 bits per heavy atom. The Morgan fingerprint density at radius 1 is 1.03 bits per heavy atom. The summed E-state index contributed by atoms with van der Waals surface area (Å²) in [6.45, 7) is 12.0. The third kappa shape index (κ3) is 6.14. The summed E-state index contributed by atoms with van der Waals surface area (Å²) in [5.41, 5.74) is 4.84. The number of phenols is 1. The van der Waals surface area contributed by atoms with E-state index in [4.69, 9.17) is 4.98 Å². The second-order valence-electron chi connectivity index (χ2n) is 12.2. The number of nitrogens with one attached hydrogen (secondary N) is 1. The molecular weight excluding hydrogens is 482 g/mol. The lowest BCUT2D eigenvalue weighted by atomic mass is 9.79. The first-order valence-corrected chi connectivity index (χ1v) is 14.9. The maximum atomic E-state index is 10.1. The van der Waals surface area contributed by atoms with E-state index in [0.717, 1.165) is 63.9 Å². The van der Waals surface area contributed by atoms with Crippen molar-refractivity contribution in [3.8, 4) is 5.75 Å². The largest absolute Gasteiger partial charge is 0.508 e. The fraction of sp³-hybridized carbons (Fsp3) is 0.545. The van der Waals surface area contributed by atoms with E-state index in [0.29, 0.717) is 23.9 Å². The molecule has 3 heterocycles. The van der Waals surface area contributed by atoms with Crippen molar-refractivity contribution >= 4 is 10.9 Å². The fourth-order valence-corrected chi connectivity index (χ4v) is 7.02. The second kappa shape index (κ2) is 11.9. The fourth-order valence-electron chi connectivity index (χ4n) is 7.02. The Labute approximate surface area is 235 Å². The molecule has 2 aliphatic rings. The molecule has 2 saturated heterocycles. The number of rotatable bonds is 8. The molecule has 2 N–H and O–H groups in total. The van der Waals surface area contributed by atoms with E-state index in [-0.39, 0.29) is 5.54 Å². The van der Waals surface area contributed by atoms with E-state index in [1.54, 1.807) is 6.07 Å². The number of likely N-dealkylation sites (tertiary alicyclic amines) is 1. The van der Waals surface area contributed by atoms with Crippen molar-refractivity contribution in [3.63, 3.8) is 0 Å². The van der Waals surface area contributed by atoms with Crippen molar-refractivity contribution in [1.82, 2.24) is 25.0 Å². The van der Waals surface area contributed by atoms with Gasteiger partial charge in [-0.2, -0.15) is 0 Å². The predicted octanol–water partition coefficient (Wildman–Crippen LogP) is 5.52.